The van der Waals surface area contributed by atoms with Gasteiger partial charge in [-0.1, -0.05) is 30.0 Å². The lowest BCUT2D eigenvalue weighted by molar-refractivity contribution is 0.208. The predicted molar refractivity (Wildman–Crippen MR) is 81.4 cm³/mol. The molecule has 4 heteroatoms. The predicted octanol–water partition coefficient (Wildman–Crippen LogP) is 1.63. The molecule has 0 unspecified atom stereocenters. The first-order valence-corrected chi connectivity index (χ1v) is 7.27. The Morgan fingerprint density at radius 3 is 3.05 bits per heavy atom. The molecule has 4 nitrogen and oxygen atoms in total. The van der Waals surface area contributed by atoms with E-state index in [-0.39, 0.29) is 6.61 Å². The first kappa shape index (κ1) is 13.9. The quantitative estimate of drug-likeness (QED) is 0.870. The summed E-state index contributed by atoms with van der Waals surface area (Å²) in [6.45, 7) is 3.90. The van der Waals surface area contributed by atoms with Gasteiger partial charge in [-0.3, -0.25) is 4.90 Å². The van der Waals surface area contributed by atoms with Gasteiger partial charge in [-0.05, 0) is 11.6 Å². The van der Waals surface area contributed by atoms with Gasteiger partial charge in [0.2, 0.25) is 0 Å². The van der Waals surface area contributed by atoms with Crippen LogP contribution < -0.4 is 0 Å². The van der Waals surface area contributed by atoms with E-state index in [1.807, 2.05) is 24.5 Å². The molecule has 0 spiro atoms. The van der Waals surface area contributed by atoms with Crippen molar-refractivity contribution in [2.24, 2.45) is 0 Å². The van der Waals surface area contributed by atoms with Gasteiger partial charge in [-0.15, -0.1) is 0 Å². The second kappa shape index (κ2) is 6.57. The van der Waals surface area contributed by atoms with Crippen molar-refractivity contribution in [2.75, 3.05) is 13.2 Å². The van der Waals surface area contributed by atoms with Crippen LogP contribution in [-0.4, -0.2) is 32.7 Å². The summed E-state index contributed by atoms with van der Waals surface area (Å²) in [7, 11) is 0. The van der Waals surface area contributed by atoms with Crippen molar-refractivity contribution in [1.82, 2.24) is 14.5 Å². The second-order valence-electron chi connectivity index (χ2n) is 5.18. The third-order valence-corrected chi connectivity index (χ3v) is 3.70. The number of nitrogens with zero attached hydrogens (tertiary/aromatic N) is 3. The van der Waals surface area contributed by atoms with Crippen LogP contribution in [0.4, 0.5) is 0 Å². The smallest absolute Gasteiger partial charge is 0.122 e. The first-order valence-electron chi connectivity index (χ1n) is 7.27. The van der Waals surface area contributed by atoms with Crippen LogP contribution in [-0.2, 0) is 19.6 Å². The number of fused-ring (bicyclic) bond motifs is 1. The van der Waals surface area contributed by atoms with Crippen LogP contribution in [0.3, 0.4) is 0 Å². The van der Waals surface area contributed by atoms with Gasteiger partial charge in [-0.2, -0.15) is 0 Å². The maximum absolute atomic E-state index is 8.83. The molecule has 108 valence electrons. The minimum atomic E-state index is 0.115. The molecule has 0 amide bonds. The van der Waals surface area contributed by atoms with Crippen LogP contribution in [0.5, 0.6) is 0 Å². The summed E-state index contributed by atoms with van der Waals surface area (Å²) in [6, 6.07) is 8.24. The monoisotopic (exact) mass is 281 g/mol. The highest BCUT2D eigenvalue weighted by Crippen LogP contribution is 2.16. The van der Waals surface area contributed by atoms with E-state index in [1.54, 1.807) is 0 Å². The molecule has 0 radical (unpaired) electrons. The van der Waals surface area contributed by atoms with Crippen molar-refractivity contribution < 1.29 is 5.11 Å². The van der Waals surface area contributed by atoms with Gasteiger partial charge >= 0.3 is 0 Å². The molecule has 3 rings (SSSR count). The zero-order valence-electron chi connectivity index (χ0n) is 12.0. The number of imidazole rings is 1. The summed E-state index contributed by atoms with van der Waals surface area (Å²) in [6.07, 6.45) is 4.43. The summed E-state index contributed by atoms with van der Waals surface area (Å²) in [4.78, 5) is 6.79. The van der Waals surface area contributed by atoms with Crippen molar-refractivity contribution in [3.05, 3.63) is 53.6 Å². The molecule has 21 heavy (non-hydrogen) atoms. The molecule has 0 fully saturated rings. The van der Waals surface area contributed by atoms with Crippen LogP contribution >= 0.6 is 0 Å². The van der Waals surface area contributed by atoms with Gasteiger partial charge in [0.25, 0.3) is 0 Å². The normalized spacial score (nSPS) is 14.3. The van der Waals surface area contributed by atoms with Crippen LogP contribution in [0.15, 0.2) is 36.7 Å². The van der Waals surface area contributed by atoms with Crippen molar-refractivity contribution in [3.8, 4) is 11.8 Å². The molecule has 1 aromatic carbocycles. The summed E-state index contributed by atoms with van der Waals surface area (Å²) in [5.41, 5.74) is 2.29. The molecule has 0 bridgehead atoms. The highest BCUT2D eigenvalue weighted by molar-refractivity contribution is 5.41. The highest BCUT2D eigenvalue weighted by atomic mass is 16.2. The van der Waals surface area contributed by atoms with Gasteiger partial charge in [0.1, 0.15) is 5.82 Å². The zero-order valence-corrected chi connectivity index (χ0v) is 12.0. The molecule has 2 aromatic rings. The van der Waals surface area contributed by atoms with Crippen molar-refractivity contribution in [1.29, 1.82) is 0 Å². The van der Waals surface area contributed by atoms with Crippen molar-refractivity contribution in [2.45, 2.75) is 26.1 Å². The SMILES string of the molecule is OCCC#Cc1ccccc1CN1CCn2ccnc2C1. The lowest BCUT2D eigenvalue weighted by Crippen LogP contribution is -2.33. The lowest BCUT2D eigenvalue weighted by atomic mass is 10.1. The van der Waals surface area contributed by atoms with E-state index >= 15 is 0 Å². The maximum atomic E-state index is 8.83. The fraction of sp³-hybridized carbons (Fsp3) is 0.353. The standard InChI is InChI=1S/C17H19N3O/c21-12-4-3-6-15-5-1-2-7-16(15)13-19-10-11-20-9-8-18-17(20)14-19/h1-2,5,7-9,21H,4,10-14H2. The molecular weight excluding hydrogens is 262 g/mol. The van der Waals surface area contributed by atoms with E-state index in [9.17, 15) is 0 Å². The Hall–Kier alpha value is -2.09. The minimum absolute atomic E-state index is 0.115. The van der Waals surface area contributed by atoms with Crippen LogP contribution in [0.2, 0.25) is 0 Å². The number of hydrogen-bond acceptors (Lipinski definition) is 3. The van der Waals surface area contributed by atoms with Gasteiger partial charge < -0.3 is 9.67 Å². The van der Waals surface area contributed by atoms with Gasteiger partial charge in [-0.25, -0.2) is 4.98 Å². The summed E-state index contributed by atoms with van der Waals surface area (Å²) >= 11 is 0. The molecule has 0 atom stereocenters. The average molecular weight is 281 g/mol. The molecule has 0 saturated carbocycles. The molecule has 2 heterocycles. The Morgan fingerprint density at radius 1 is 1.24 bits per heavy atom. The largest absolute Gasteiger partial charge is 0.395 e. The third-order valence-electron chi connectivity index (χ3n) is 3.70. The molecular formula is C17H19N3O. The maximum Gasteiger partial charge on any atom is 0.122 e. The number of aromatic nitrogens is 2. The van der Waals surface area contributed by atoms with Gasteiger partial charge in [0.05, 0.1) is 13.2 Å². The average Bonchev–Trinajstić information content (AvgIpc) is 2.97. The van der Waals surface area contributed by atoms with Crippen LogP contribution in [0.1, 0.15) is 23.4 Å². The summed E-state index contributed by atoms with van der Waals surface area (Å²) < 4.78 is 2.21. The zero-order chi connectivity index (χ0) is 14.5. The molecule has 1 N–H and O–H groups in total. The Balaban J connectivity index is 1.73. The number of hydrogen-bond donors (Lipinski definition) is 1. The van der Waals surface area contributed by atoms with E-state index < -0.39 is 0 Å². The Kier molecular flexibility index (Phi) is 4.34. The summed E-state index contributed by atoms with van der Waals surface area (Å²) in [5, 5.41) is 8.83. The minimum Gasteiger partial charge on any atom is -0.395 e. The van der Waals surface area contributed by atoms with Gasteiger partial charge in [0, 0.05) is 44.0 Å². The third kappa shape index (κ3) is 3.33. The highest BCUT2D eigenvalue weighted by Gasteiger charge is 2.17. The van der Waals surface area contributed by atoms with Crippen molar-refractivity contribution >= 4 is 0 Å². The Bertz CT molecular complexity index is 666. The van der Waals surface area contributed by atoms with Crippen LogP contribution in [0.25, 0.3) is 0 Å². The van der Waals surface area contributed by atoms with E-state index in [4.69, 9.17) is 5.11 Å². The second-order valence-corrected chi connectivity index (χ2v) is 5.18. The van der Waals surface area contributed by atoms with Crippen LogP contribution in [0, 0.1) is 11.8 Å². The van der Waals surface area contributed by atoms with E-state index in [0.717, 1.165) is 37.6 Å². The molecule has 1 aliphatic heterocycles. The number of aliphatic hydroxyl groups excluding tert-OH is 1. The van der Waals surface area contributed by atoms with Crippen molar-refractivity contribution in [3.63, 3.8) is 0 Å². The molecule has 0 aliphatic carbocycles. The number of benzene rings is 1. The topological polar surface area (TPSA) is 41.3 Å². The molecule has 1 aliphatic rings. The fourth-order valence-corrected chi connectivity index (χ4v) is 2.59. The Labute approximate surface area is 125 Å². The first-order chi connectivity index (χ1) is 10.4. The van der Waals surface area contributed by atoms with E-state index in [1.165, 1.54) is 5.56 Å². The number of rotatable bonds is 3. The van der Waals surface area contributed by atoms with E-state index in [2.05, 4.69) is 38.4 Å². The summed E-state index contributed by atoms with van der Waals surface area (Å²) in [5.74, 6) is 7.30. The molecule has 0 saturated heterocycles. The fourth-order valence-electron chi connectivity index (χ4n) is 2.59. The molecule has 1 aromatic heterocycles. The van der Waals surface area contributed by atoms with E-state index in [0.29, 0.717) is 6.42 Å². The lowest BCUT2D eigenvalue weighted by Gasteiger charge is -2.27. The number of aliphatic hydroxyl groups is 1. The Morgan fingerprint density at radius 2 is 2.14 bits per heavy atom. The van der Waals surface area contributed by atoms with Gasteiger partial charge in [0.15, 0.2) is 0 Å².